The third-order valence-electron chi connectivity index (χ3n) is 2.91. The molecule has 0 fully saturated rings. The Kier molecular flexibility index (Phi) is 6.51. The van der Waals surface area contributed by atoms with Crippen LogP contribution in [-0.4, -0.2) is 38.1 Å². The van der Waals surface area contributed by atoms with E-state index in [0.717, 1.165) is 9.87 Å². The second-order valence-electron chi connectivity index (χ2n) is 4.92. The number of nitrogens with zero attached hydrogens (tertiary/aromatic N) is 1. The third kappa shape index (κ3) is 5.12. The number of nitrogens with one attached hydrogen (secondary N) is 2. The maximum absolute atomic E-state index is 12.3. The van der Waals surface area contributed by atoms with E-state index in [4.69, 9.17) is 0 Å². The zero-order valence-electron chi connectivity index (χ0n) is 12.9. The predicted octanol–water partition coefficient (Wildman–Crippen LogP) is 0.563. The lowest BCUT2D eigenvalue weighted by molar-refractivity contribution is -0.128. The van der Waals surface area contributed by atoms with Gasteiger partial charge in [-0.25, -0.2) is 8.42 Å². The van der Waals surface area contributed by atoms with E-state index in [1.807, 2.05) is 13.8 Å². The van der Waals surface area contributed by atoms with Gasteiger partial charge in [-0.05, 0) is 25.5 Å². The molecule has 122 valence electrons. The highest BCUT2D eigenvalue weighted by molar-refractivity contribution is 7.89. The summed E-state index contributed by atoms with van der Waals surface area (Å²) in [5.74, 6) is -0.928. The average molecular weight is 327 g/mol. The van der Waals surface area contributed by atoms with Gasteiger partial charge in [0.05, 0.1) is 11.4 Å². The fourth-order valence-electron chi connectivity index (χ4n) is 1.65. The van der Waals surface area contributed by atoms with Crippen molar-refractivity contribution in [1.82, 2.24) is 15.2 Å². The molecule has 2 N–H and O–H groups in total. The summed E-state index contributed by atoms with van der Waals surface area (Å²) in [5, 5.41) is 0. The Morgan fingerprint density at radius 3 is 2.18 bits per heavy atom. The fourth-order valence-corrected chi connectivity index (χ4v) is 2.77. The summed E-state index contributed by atoms with van der Waals surface area (Å²) >= 11 is 0. The lowest BCUT2D eigenvalue weighted by atomic mass is 10.2. The first-order valence-electron chi connectivity index (χ1n) is 6.88. The van der Waals surface area contributed by atoms with Gasteiger partial charge in [0.1, 0.15) is 0 Å². The molecule has 0 aliphatic carbocycles. The number of amides is 2. The lowest BCUT2D eigenvalue weighted by Gasteiger charge is -2.17. The highest BCUT2D eigenvalue weighted by Crippen LogP contribution is 2.14. The molecule has 22 heavy (non-hydrogen) atoms. The number of benzene rings is 1. The highest BCUT2D eigenvalue weighted by Gasteiger charge is 2.22. The second kappa shape index (κ2) is 7.90. The van der Waals surface area contributed by atoms with E-state index >= 15 is 0 Å². The topological polar surface area (TPSA) is 95.6 Å². The van der Waals surface area contributed by atoms with Crippen LogP contribution in [0.25, 0.3) is 0 Å². The monoisotopic (exact) mass is 327 g/mol. The standard InChI is InChI=1S/C14H21N3O4S/c1-4-5-13(18)15-16-14(19)10-17(3)22(20,21)12-8-6-11(2)7-9-12/h6-9H,4-5,10H2,1-3H3,(H,15,18)(H,16,19). The van der Waals surface area contributed by atoms with E-state index in [1.165, 1.54) is 19.2 Å². The Labute approximate surface area is 130 Å². The summed E-state index contributed by atoms with van der Waals surface area (Å²) in [4.78, 5) is 23.0. The van der Waals surface area contributed by atoms with Crippen LogP contribution in [0.15, 0.2) is 29.2 Å². The molecular formula is C14H21N3O4S. The first kappa shape index (κ1) is 18.1. The molecule has 0 saturated carbocycles. The predicted molar refractivity (Wildman–Crippen MR) is 82.2 cm³/mol. The maximum Gasteiger partial charge on any atom is 0.253 e. The minimum absolute atomic E-state index is 0.114. The van der Waals surface area contributed by atoms with Crippen LogP contribution in [0.1, 0.15) is 25.3 Å². The molecule has 8 heteroatoms. The van der Waals surface area contributed by atoms with Crippen molar-refractivity contribution < 1.29 is 18.0 Å². The number of carbonyl (C=O) groups is 2. The number of likely N-dealkylation sites (N-methyl/N-ethyl adjacent to an activating group) is 1. The number of hydrogen-bond acceptors (Lipinski definition) is 4. The Bertz CT molecular complexity index is 626. The molecule has 0 unspecified atom stereocenters. The van der Waals surface area contributed by atoms with Gasteiger partial charge in [0.15, 0.2) is 0 Å². The van der Waals surface area contributed by atoms with Gasteiger partial charge in [0.2, 0.25) is 15.9 Å². The van der Waals surface area contributed by atoms with Crippen LogP contribution in [0.2, 0.25) is 0 Å². The summed E-state index contributed by atoms with van der Waals surface area (Å²) in [6.07, 6.45) is 0.946. The van der Waals surface area contributed by atoms with E-state index in [2.05, 4.69) is 10.9 Å². The molecule has 0 saturated heterocycles. The fraction of sp³-hybridized carbons (Fsp3) is 0.429. The minimum Gasteiger partial charge on any atom is -0.273 e. The molecule has 0 bridgehead atoms. The molecule has 1 rings (SSSR count). The molecule has 1 aromatic carbocycles. The summed E-state index contributed by atoms with van der Waals surface area (Å²) in [6, 6.07) is 6.35. The van der Waals surface area contributed by atoms with Gasteiger partial charge in [-0.2, -0.15) is 4.31 Å². The smallest absolute Gasteiger partial charge is 0.253 e. The maximum atomic E-state index is 12.3. The number of aryl methyl sites for hydroxylation is 1. The molecule has 0 aromatic heterocycles. The van der Waals surface area contributed by atoms with Crippen LogP contribution in [0.5, 0.6) is 0 Å². The number of carbonyl (C=O) groups excluding carboxylic acids is 2. The van der Waals surface area contributed by atoms with Gasteiger partial charge < -0.3 is 0 Å². The van der Waals surface area contributed by atoms with Crippen LogP contribution in [0.3, 0.4) is 0 Å². The second-order valence-corrected chi connectivity index (χ2v) is 6.97. The quantitative estimate of drug-likeness (QED) is 0.746. The van der Waals surface area contributed by atoms with Gasteiger partial charge >= 0.3 is 0 Å². The number of hydrogen-bond donors (Lipinski definition) is 2. The van der Waals surface area contributed by atoms with Gasteiger partial charge in [-0.15, -0.1) is 0 Å². The van der Waals surface area contributed by atoms with Crippen LogP contribution in [-0.2, 0) is 19.6 Å². The van der Waals surface area contributed by atoms with E-state index < -0.39 is 15.9 Å². The van der Waals surface area contributed by atoms with E-state index in [9.17, 15) is 18.0 Å². The number of hydrazine groups is 1. The van der Waals surface area contributed by atoms with Crippen molar-refractivity contribution in [3.63, 3.8) is 0 Å². The molecule has 0 spiro atoms. The van der Waals surface area contributed by atoms with Crippen molar-refractivity contribution in [2.24, 2.45) is 0 Å². The van der Waals surface area contributed by atoms with E-state index in [0.29, 0.717) is 6.42 Å². The first-order chi connectivity index (χ1) is 10.3. The van der Waals surface area contributed by atoms with Crippen molar-refractivity contribution in [2.75, 3.05) is 13.6 Å². The minimum atomic E-state index is -3.74. The zero-order chi connectivity index (χ0) is 16.8. The first-order valence-corrected chi connectivity index (χ1v) is 8.32. The van der Waals surface area contributed by atoms with Crippen molar-refractivity contribution >= 4 is 21.8 Å². The summed E-state index contributed by atoms with van der Waals surface area (Å²) < 4.78 is 25.5. The summed E-state index contributed by atoms with van der Waals surface area (Å²) in [6.45, 7) is 3.30. The molecule has 0 atom stereocenters. The largest absolute Gasteiger partial charge is 0.273 e. The zero-order valence-corrected chi connectivity index (χ0v) is 13.7. The van der Waals surface area contributed by atoms with Crippen molar-refractivity contribution in [2.45, 2.75) is 31.6 Å². The van der Waals surface area contributed by atoms with Gasteiger partial charge in [0, 0.05) is 13.5 Å². The lowest BCUT2D eigenvalue weighted by Crippen LogP contribution is -2.46. The molecule has 7 nitrogen and oxygen atoms in total. The normalized spacial score (nSPS) is 11.3. The van der Waals surface area contributed by atoms with Crippen molar-refractivity contribution in [3.05, 3.63) is 29.8 Å². The van der Waals surface area contributed by atoms with Crippen LogP contribution in [0, 0.1) is 6.92 Å². The SMILES string of the molecule is CCCC(=O)NNC(=O)CN(C)S(=O)(=O)c1ccc(C)cc1. The van der Waals surface area contributed by atoms with Crippen LogP contribution >= 0.6 is 0 Å². The molecule has 0 aliphatic rings. The number of rotatable bonds is 6. The molecule has 0 radical (unpaired) electrons. The summed E-state index contributed by atoms with van der Waals surface area (Å²) in [7, 11) is -2.43. The molecule has 0 aliphatic heterocycles. The molecule has 0 heterocycles. The van der Waals surface area contributed by atoms with Crippen molar-refractivity contribution in [1.29, 1.82) is 0 Å². The van der Waals surface area contributed by atoms with Gasteiger partial charge in [-0.3, -0.25) is 20.4 Å². The Morgan fingerprint density at radius 1 is 1.09 bits per heavy atom. The van der Waals surface area contributed by atoms with E-state index in [-0.39, 0.29) is 23.8 Å². The average Bonchev–Trinajstić information content (AvgIpc) is 2.46. The van der Waals surface area contributed by atoms with Crippen molar-refractivity contribution in [3.8, 4) is 0 Å². The van der Waals surface area contributed by atoms with E-state index in [1.54, 1.807) is 12.1 Å². The highest BCUT2D eigenvalue weighted by atomic mass is 32.2. The van der Waals surface area contributed by atoms with Gasteiger partial charge in [-0.1, -0.05) is 24.6 Å². The van der Waals surface area contributed by atoms with Crippen LogP contribution in [0.4, 0.5) is 0 Å². The third-order valence-corrected chi connectivity index (χ3v) is 4.73. The van der Waals surface area contributed by atoms with Gasteiger partial charge in [0.25, 0.3) is 5.91 Å². The Balaban J connectivity index is 2.63. The Hall–Kier alpha value is -1.93. The molecular weight excluding hydrogens is 306 g/mol. The molecule has 2 amide bonds. The Morgan fingerprint density at radius 2 is 1.64 bits per heavy atom. The number of sulfonamides is 1. The molecule has 1 aromatic rings. The summed E-state index contributed by atoms with van der Waals surface area (Å²) in [5.41, 5.74) is 5.36. The van der Waals surface area contributed by atoms with Crippen LogP contribution < -0.4 is 10.9 Å².